The van der Waals surface area contributed by atoms with E-state index in [1.165, 1.54) is 32.4 Å². The predicted molar refractivity (Wildman–Crippen MR) is 93.8 cm³/mol. The number of ether oxygens (including phenoxy) is 2. The molecule has 0 aliphatic heterocycles. The van der Waals surface area contributed by atoms with E-state index >= 15 is 0 Å². The van der Waals surface area contributed by atoms with Gasteiger partial charge in [0.2, 0.25) is 11.7 Å². The first-order valence-corrected chi connectivity index (χ1v) is 7.29. The van der Waals surface area contributed by atoms with Gasteiger partial charge in [-0.2, -0.15) is 0 Å². The van der Waals surface area contributed by atoms with Gasteiger partial charge in [0.25, 0.3) is 5.91 Å². The van der Waals surface area contributed by atoms with Gasteiger partial charge in [-0.25, -0.2) is 0 Å². The number of primary amides is 1. The summed E-state index contributed by atoms with van der Waals surface area (Å²) in [5.74, 6) is -0.758. The van der Waals surface area contributed by atoms with E-state index in [0.717, 1.165) is 0 Å². The second kappa shape index (κ2) is 7.87. The second-order valence-corrected chi connectivity index (χ2v) is 5.01. The Bertz CT molecular complexity index is 805. The number of amides is 2. The van der Waals surface area contributed by atoms with Crippen LogP contribution >= 0.6 is 0 Å². The predicted octanol–water partition coefficient (Wildman–Crippen LogP) is 2.16. The largest absolute Gasteiger partial charge is 0.502 e. The summed E-state index contributed by atoms with van der Waals surface area (Å²) in [6.45, 7) is 0. The summed E-state index contributed by atoms with van der Waals surface area (Å²) in [6, 6.07) is 9.55. The molecule has 0 aliphatic rings. The quantitative estimate of drug-likeness (QED) is 0.697. The maximum Gasteiger partial charge on any atom is 0.250 e. The minimum Gasteiger partial charge on any atom is -0.502 e. The Labute approximate surface area is 144 Å². The van der Waals surface area contributed by atoms with Gasteiger partial charge in [-0.05, 0) is 35.9 Å². The topological polar surface area (TPSA) is 111 Å². The normalized spacial score (nSPS) is 10.5. The van der Waals surface area contributed by atoms with Crippen molar-refractivity contribution in [3.05, 3.63) is 53.6 Å². The minimum absolute atomic E-state index is 0.123. The summed E-state index contributed by atoms with van der Waals surface area (Å²) >= 11 is 0. The number of para-hydroxylation sites is 1. The Morgan fingerprint density at radius 1 is 1.12 bits per heavy atom. The van der Waals surface area contributed by atoms with Crippen LogP contribution in [0.3, 0.4) is 0 Å². The lowest BCUT2D eigenvalue weighted by Gasteiger charge is -2.09. The zero-order chi connectivity index (χ0) is 18.4. The van der Waals surface area contributed by atoms with Crippen LogP contribution in [0.4, 0.5) is 5.69 Å². The molecule has 2 rings (SSSR count). The maximum absolute atomic E-state index is 12.1. The third-order valence-electron chi connectivity index (χ3n) is 3.38. The zero-order valence-corrected chi connectivity index (χ0v) is 13.8. The molecular formula is C18H18N2O5. The van der Waals surface area contributed by atoms with E-state index < -0.39 is 11.8 Å². The van der Waals surface area contributed by atoms with E-state index in [2.05, 4.69) is 5.32 Å². The lowest BCUT2D eigenvalue weighted by atomic mass is 10.1. The van der Waals surface area contributed by atoms with Crippen LogP contribution in [0.1, 0.15) is 15.9 Å². The van der Waals surface area contributed by atoms with Gasteiger partial charge < -0.3 is 25.6 Å². The van der Waals surface area contributed by atoms with Crippen molar-refractivity contribution < 1.29 is 24.2 Å². The summed E-state index contributed by atoms with van der Waals surface area (Å²) in [5.41, 5.74) is 6.41. The van der Waals surface area contributed by atoms with Crippen LogP contribution in [0, 0.1) is 0 Å². The summed E-state index contributed by atoms with van der Waals surface area (Å²) < 4.78 is 10.1. The number of benzene rings is 2. The number of carbonyl (C=O) groups is 2. The summed E-state index contributed by atoms with van der Waals surface area (Å²) in [6.07, 6.45) is 2.80. The number of aromatic hydroxyl groups is 1. The van der Waals surface area contributed by atoms with Gasteiger partial charge in [-0.1, -0.05) is 12.1 Å². The summed E-state index contributed by atoms with van der Waals surface area (Å²) in [7, 11) is 2.82. The fourth-order valence-electron chi connectivity index (χ4n) is 2.16. The number of nitrogens with one attached hydrogen (secondary N) is 1. The number of carbonyl (C=O) groups excluding carboxylic acids is 2. The molecule has 7 heteroatoms. The van der Waals surface area contributed by atoms with Gasteiger partial charge in [0, 0.05) is 6.08 Å². The fraction of sp³-hybridized carbons (Fsp3) is 0.111. The number of phenolic OH excluding ortho intramolecular Hbond substituents is 1. The monoisotopic (exact) mass is 342 g/mol. The van der Waals surface area contributed by atoms with Crippen molar-refractivity contribution in [3.8, 4) is 17.2 Å². The van der Waals surface area contributed by atoms with Gasteiger partial charge in [0.1, 0.15) is 0 Å². The first kappa shape index (κ1) is 17.9. The molecule has 2 aromatic carbocycles. The first-order valence-electron chi connectivity index (χ1n) is 7.29. The molecule has 0 aromatic heterocycles. The van der Waals surface area contributed by atoms with Crippen LogP contribution in [0.2, 0.25) is 0 Å². The highest BCUT2D eigenvalue weighted by atomic mass is 16.5. The molecule has 0 bridgehead atoms. The van der Waals surface area contributed by atoms with Gasteiger partial charge in [0.15, 0.2) is 11.5 Å². The standard InChI is InChI=1S/C18H18N2O5/c1-24-14-9-11(10-15(25-2)17(14)22)7-8-16(21)20-13-6-4-3-5-12(13)18(19)23/h3-10,22H,1-2H3,(H2,19,23)(H,20,21)/b8-7+. The Hall–Kier alpha value is -3.48. The number of rotatable bonds is 6. The van der Waals surface area contributed by atoms with Crippen LogP contribution in [-0.4, -0.2) is 31.1 Å². The Morgan fingerprint density at radius 2 is 1.72 bits per heavy atom. The van der Waals surface area contributed by atoms with E-state index in [0.29, 0.717) is 11.3 Å². The lowest BCUT2D eigenvalue weighted by molar-refractivity contribution is -0.111. The molecule has 0 atom stereocenters. The number of hydrogen-bond donors (Lipinski definition) is 3. The second-order valence-electron chi connectivity index (χ2n) is 5.01. The van der Waals surface area contributed by atoms with Crippen molar-refractivity contribution in [1.82, 2.24) is 0 Å². The average molecular weight is 342 g/mol. The summed E-state index contributed by atoms with van der Waals surface area (Å²) in [5, 5.41) is 12.5. The van der Waals surface area contributed by atoms with E-state index in [9.17, 15) is 14.7 Å². The molecule has 0 saturated carbocycles. The summed E-state index contributed by atoms with van der Waals surface area (Å²) in [4.78, 5) is 23.4. The van der Waals surface area contributed by atoms with Crippen LogP contribution in [0.5, 0.6) is 17.2 Å². The maximum atomic E-state index is 12.1. The minimum atomic E-state index is -0.632. The van der Waals surface area contributed by atoms with Crippen molar-refractivity contribution in [1.29, 1.82) is 0 Å². The molecule has 0 heterocycles. The fourth-order valence-corrected chi connectivity index (χ4v) is 2.16. The van der Waals surface area contributed by atoms with Crippen LogP contribution in [0.25, 0.3) is 6.08 Å². The SMILES string of the molecule is COc1cc(/C=C/C(=O)Nc2ccccc2C(N)=O)cc(OC)c1O. The molecule has 0 saturated heterocycles. The van der Waals surface area contributed by atoms with Gasteiger partial charge in [0.05, 0.1) is 25.5 Å². The molecule has 25 heavy (non-hydrogen) atoms. The Balaban J connectivity index is 2.20. The van der Waals surface area contributed by atoms with Gasteiger partial charge in [-0.15, -0.1) is 0 Å². The molecule has 130 valence electrons. The van der Waals surface area contributed by atoms with Crippen molar-refractivity contribution in [3.63, 3.8) is 0 Å². The molecule has 4 N–H and O–H groups in total. The smallest absolute Gasteiger partial charge is 0.250 e. The highest BCUT2D eigenvalue weighted by Crippen LogP contribution is 2.37. The first-order chi connectivity index (χ1) is 12.0. The number of anilines is 1. The van der Waals surface area contributed by atoms with Crippen molar-refractivity contribution in [2.45, 2.75) is 0 Å². The highest BCUT2D eigenvalue weighted by Gasteiger charge is 2.11. The average Bonchev–Trinajstić information content (AvgIpc) is 2.61. The molecular weight excluding hydrogens is 324 g/mol. The third kappa shape index (κ3) is 4.29. The molecule has 0 aliphatic carbocycles. The van der Waals surface area contributed by atoms with E-state index in [4.69, 9.17) is 15.2 Å². The number of methoxy groups -OCH3 is 2. The van der Waals surface area contributed by atoms with E-state index in [1.807, 2.05) is 0 Å². The van der Waals surface area contributed by atoms with Crippen LogP contribution in [0.15, 0.2) is 42.5 Å². The number of phenols is 1. The van der Waals surface area contributed by atoms with E-state index in [-0.39, 0.29) is 22.8 Å². The molecule has 0 unspecified atom stereocenters. The number of nitrogens with two attached hydrogens (primary N) is 1. The van der Waals surface area contributed by atoms with Crippen molar-refractivity contribution >= 4 is 23.6 Å². The molecule has 0 fully saturated rings. The van der Waals surface area contributed by atoms with Crippen LogP contribution in [-0.2, 0) is 4.79 Å². The van der Waals surface area contributed by atoms with Crippen molar-refractivity contribution in [2.24, 2.45) is 5.73 Å². The molecule has 2 aromatic rings. The van der Waals surface area contributed by atoms with E-state index in [1.54, 1.807) is 30.3 Å². The molecule has 0 spiro atoms. The van der Waals surface area contributed by atoms with Crippen molar-refractivity contribution in [2.75, 3.05) is 19.5 Å². The van der Waals surface area contributed by atoms with Gasteiger partial charge in [-0.3, -0.25) is 9.59 Å². The third-order valence-corrected chi connectivity index (χ3v) is 3.38. The molecule has 2 amide bonds. The Morgan fingerprint density at radius 3 is 2.28 bits per heavy atom. The lowest BCUT2D eigenvalue weighted by Crippen LogP contribution is -2.16. The zero-order valence-electron chi connectivity index (χ0n) is 13.8. The Kier molecular flexibility index (Phi) is 5.62. The highest BCUT2D eigenvalue weighted by molar-refractivity contribution is 6.07. The van der Waals surface area contributed by atoms with Crippen LogP contribution < -0.4 is 20.5 Å². The molecule has 7 nitrogen and oxygen atoms in total. The molecule has 0 radical (unpaired) electrons. The van der Waals surface area contributed by atoms with Gasteiger partial charge >= 0.3 is 0 Å². The number of hydrogen-bond acceptors (Lipinski definition) is 5.